The van der Waals surface area contributed by atoms with Crippen LogP contribution >= 0.6 is 11.8 Å². The van der Waals surface area contributed by atoms with Crippen molar-refractivity contribution in [3.8, 4) is 22.8 Å². The predicted molar refractivity (Wildman–Crippen MR) is 110 cm³/mol. The van der Waals surface area contributed by atoms with Crippen molar-refractivity contribution in [1.82, 2.24) is 15.5 Å². The summed E-state index contributed by atoms with van der Waals surface area (Å²) in [6.07, 6.45) is 0. The monoisotopic (exact) mass is 423 g/mol. The molecule has 30 heavy (non-hydrogen) atoms. The van der Waals surface area contributed by atoms with Crippen molar-refractivity contribution in [3.63, 3.8) is 0 Å². The lowest BCUT2D eigenvalue weighted by atomic mass is 10.1. The van der Waals surface area contributed by atoms with E-state index in [9.17, 15) is 4.79 Å². The molecule has 1 aliphatic rings. The summed E-state index contributed by atoms with van der Waals surface area (Å²) < 4.78 is 22.1. The van der Waals surface area contributed by atoms with Gasteiger partial charge in [0.2, 0.25) is 5.91 Å². The minimum Gasteiger partial charge on any atom is -0.486 e. The highest BCUT2D eigenvalue weighted by molar-refractivity contribution is 7.99. The highest BCUT2D eigenvalue weighted by Crippen LogP contribution is 2.34. The number of para-hydroxylation sites is 2. The minimum absolute atomic E-state index is 0.147. The topological polar surface area (TPSA) is 99.6 Å². The summed E-state index contributed by atoms with van der Waals surface area (Å²) in [5.74, 6) is 2.04. The maximum Gasteiger partial charge on any atom is 0.257 e. The van der Waals surface area contributed by atoms with Crippen molar-refractivity contribution in [3.05, 3.63) is 54.2 Å². The number of benzene rings is 2. The number of ether oxygens (including phenoxy) is 2. The molecule has 2 aromatic carbocycles. The first-order valence-electron chi connectivity index (χ1n) is 9.35. The normalized spacial score (nSPS) is 12.8. The molecule has 9 heteroatoms. The van der Waals surface area contributed by atoms with E-state index in [1.807, 2.05) is 42.5 Å². The quantitative estimate of drug-likeness (QED) is 0.469. The van der Waals surface area contributed by atoms with Gasteiger partial charge in [-0.05, 0) is 30.3 Å². The van der Waals surface area contributed by atoms with Gasteiger partial charge in [-0.15, -0.1) is 0 Å². The Morgan fingerprint density at radius 2 is 1.93 bits per heavy atom. The van der Waals surface area contributed by atoms with E-state index in [2.05, 4.69) is 15.5 Å². The highest BCUT2D eigenvalue weighted by Gasteiger charge is 2.15. The van der Waals surface area contributed by atoms with Crippen LogP contribution in [0.4, 0.5) is 0 Å². The van der Waals surface area contributed by atoms with Gasteiger partial charge in [0, 0.05) is 11.6 Å². The van der Waals surface area contributed by atoms with Gasteiger partial charge in [0.25, 0.3) is 5.22 Å². The van der Waals surface area contributed by atoms with Crippen molar-refractivity contribution in [2.24, 2.45) is 0 Å². The second-order valence-electron chi connectivity index (χ2n) is 6.55. The zero-order chi connectivity index (χ0) is 20.3. The first-order valence-corrected chi connectivity index (χ1v) is 10.3. The van der Waals surface area contributed by atoms with Crippen LogP contribution in [0, 0.1) is 0 Å². The molecule has 152 valence electrons. The van der Waals surface area contributed by atoms with E-state index in [0.29, 0.717) is 47.0 Å². The Morgan fingerprint density at radius 3 is 2.83 bits per heavy atom. The summed E-state index contributed by atoms with van der Waals surface area (Å²) >= 11 is 1.25. The average molecular weight is 423 g/mol. The molecule has 0 saturated heterocycles. The summed E-state index contributed by atoms with van der Waals surface area (Å²) in [4.78, 5) is 16.5. The van der Waals surface area contributed by atoms with Gasteiger partial charge in [0.1, 0.15) is 24.4 Å². The number of thioether (sulfide) groups is 1. The molecule has 5 rings (SSSR count). The van der Waals surface area contributed by atoms with Crippen molar-refractivity contribution < 1.29 is 23.2 Å². The highest BCUT2D eigenvalue weighted by atomic mass is 32.2. The van der Waals surface area contributed by atoms with Gasteiger partial charge in [-0.2, -0.15) is 0 Å². The van der Waals surface area contributed by atoms with E-state index in [-0.39, 0.29) is 18.2 Å². The molecule has 0 aliphatic carbocycles. The number of hydrogen-bond acceptors (Lipinski definition) is 8. The molecule has 0 unspecified atom stereocenters. The molecule has 2 aromatic heterocycles. The lowest BCUT2D eigenvalue weighted by molar-refractivity contribution is -0.118. The number of nitrogens with zero attached hydrogens (tertiary/aromatic N) is 2. The van der Waals surface area contributed by atoms with E-state index in [0.717, 1.165) is 11.1 Å². The zero-order valence-electron chi connectivity index (χ0n) is 15.8. The van der Waals surface area contributed by atoms with Crippen molar-refractivity contribution >= 4 is 28.8 Å². The number of hydrogen-bond donors (Lipinski definition) is 1. The number of nitrogens with one attached hydrogen (secondary N) is 1. The zero-order valence-corrected chi connectivity index (χ0v) is 16.6. The van der Waals surface area contributed by atoms with E-state index in [4.69, 9.17) is 18.4 Å². The number of amides is 1. The van der Waals surface area contributed by atoms with Crippen LogP contribution in [-0.4, -0.2) is 35.0 Å². The molecule has 0 bridgehead atoms. The molecule has 0 spiro atoms. The lowest BCUT2D eigenvalue weighted by Gasteiger charge is -2.18. The van der Waals surface area contributed by atoms with Gasteiger partial charge in [0.15, 0.2) is 22.8 Å². The van der Waals surface area contributed by atoms with E-state index >= 15 is 0 Å². The second kappa shape index (κ2) is 8.11. The fraction of sp³-hybridized carbons (Fsp3) is 0.190. The summed E-state index contributed by atoms with van der Waals surface area (Å²) in [5, 5.41) is 7.31. The number of rotatable bonds is 6. The van der Waals surface area contributed by atoms with Crippen LogP contribution in [0.2, 0.25) is 0 Å². The Labute approximate surface area is 175 Å². The van der Waals surface area contributed by atoms with Gasteiger partial charge < -0.3 is 23.7 Å². The molecule has 0 atom stereocenters. The average Bonchev–Trinajstić information content (AvgIpc) is 3.42. The van der Waals surface area contributed by atoms with Gasteiger partial charge >= 0.3 is 0 Å². The molecule has 8 nitrogen and oxygen atoms in total. The SMILES string of the molecule is O=C(CSc1nc2ccccc2o1)NCc1cc(-c2ccc3c(c2)OCCO3)on1. The van der Waals surface area contributed by atoms with Crippen LogP contribution in [0.1, 0.15) is 5.69 Å². The van der Waals surface area contributed by atoms with Gasteiger partial charge in [-0.3, -0.25) is 4.79 Å². The Balaban J connectivity index is 1.16. The molecule has 3 heterocycles. The summed E-state index contributed by atoms with van der Waals surface area (Å²) in [6, 6.07) is 14.9. The van der Waals surface area contributed by atoms with E-state index in [1.165, 1.54) is 11.8 Å². The van der Waals surface area contributed by atoms with Crippen LogP contribution in [0.5, 0.6) is 11.5 Å². The Hall–Kier alpha value is -3.46. The number of oxazole rings is 1. The van der Waals surface area contributed by atoms with Gasteiger partial charge in [0.05, 0.1) is 12.3 Å². The number of carbonyl (C=O) groups is 1. The number of carbonyl (C=O) groups excluding carboxylic acids is 1. The van der Waals surface area contributed by atoms with E-state index in [1.54, 1.807) is 6.07 Å². The van der Waals surface area contributed by atoms with Crippen molar-refractivity contribution in [2.45, 2.75) is 11.8 Å². The van der Waals surface area contributed by atoms with Gasteiger partial charge in [-0.1, -0.05) is 29.1 Å². The number of aromatic nitrogens is 2. The molecule has 1 N–H and O–H groups in total. The van der Waals surface area contributed by atoms with Crippen LogP contribution in [0.15, 0.2) is 62.7 Å². The molecule has 0 fully saturated rings. The molecule has 0 saturated carbocycles. The fourth-order valence-electron chi connectivity index (χ4n) is 3.01. The third-order valence-corrected chi connectivity index (χ3v) is 5.28. The molecule has 4 aromatic rings. The maximum atomic E-state index is 12.2. The van der Waals surface area contributed by atoms with Gasteiger partial charge in [-0.25, -0.2) is 4.98 Å². The Morgan fingerprint density at radius 1 is 1.07 bits per heavy atom. The third kappa shape index (κ3) is 3.97. The van der Waals surface area contributed by atoms with Crippen molar-refractivity contribution in [2.75, 3.05) is 19.0 Å². The summed E-state index contributed by atoms with van der Waals surface area (Å²) in [7, 11) is 0. The smallest absolute Gasteiger partial charge is 0.257 e. The fourth-order valence-corrected chi connectivity index (χ4v) is 3.68. The van der Waals surface area contributed by atoms with Crippen LogP contribution in [0.3, 0.4) is 0 Å². The Kier molecular flexibility index (Phi) is 5.02. The summed E-state index contributed by atoms with van der Waals surface area (Å²) in [5.41, 5.74) is 2.93. The molecule has 1 aliphatic heterocycles. The Bertz CT molecular complexity index is 1170. The standard InChI is InChI=1S/C21H17N3O5S/c25-20(12-30-21-23-15-3-1-2-4-16(15)28-21)22-11-14-10-18(29-24-14)13-5-6-17-19(9-13)27-8-7-26-17/h1-6,9-10H,7-8,11-12H2,(H,22,25). The molecular weight excluding hydrogens is 406 g/mol. The van der Waals surface area contributed by atoms with Crippen molar-refractivity contribution in [1.29, 1.82) is 0 Å². The summed E-state index contributed by atoms with van der Waals surface area (Å²) in [6.45, 7) is 1.33. The first-order chi connectivity index (χ1) is 14.7. The van der Waals surface area contributed by atoms with Crippen LogP contribution in [0.25, 0.3) is 22.4 Å². The number of fused-ring (bicyclic) bond motifs is 2. The van der Waals surface area contributed by atoms with Crippen LogP contribution in [-0.2, 0) is 11.3 Å². The first kappa shape index (κ1) is 18.6. The largest absolute Gasteiger partial charge is 0.486 e. The molecule has 1 amide bonds. The maximum absolute atomic E-state index is 12.2. The molecular formula is C21H17N3O5S. The third-order valence-electron chi connectivity index (χ3n) is 4.45. The lowest BCUT2D eigenvalue weighted by Crippen LogP contribution is -2.24. The minimum atomic E-state index is -0.147. The molecule has 0 radical (unpaired) electrons. The van der Waals surface area contributed by atoms with E-state index < -0.39 is 0 Å². The predicted octanol–water partition coefficient (Wildman–Crippen LogP) is 3.66. The second-order valence-corrected chi connectivity index (χ2v) is 7.48. The van der Waals surface area contributed by atoms with Crippen LogP contribution < -0.4 is 14.8 Å².